The number of Topliss-reactive ketones (excluding diaryl/α,β-unsaturated/α-hetero) is 2. The van der Waals surface area contributed by atoms with Crippen LogP contribution >= 0.6 is 15.6 Å². The van der Waals surface area contributed by atoms with Crippen molar-refractivity contribution < 1.29 is 105 Å². The van der Waals surface area contributed by atoms with Crippen LogP contribution in [0.25, 0.3) is 0 Å². The number of carbonyl (C=O) groups is 5. The van der Waals surface area contributed by atoms with E-state index in [1.165, 1.54) is 32.8 Å². The number of nitrogens with one attached hydrogen (secondary N) is 2. The normalized spacial score (nSPS) is 22.3. The molecule has 8 N–H and O–H groups in total. The van der Waals surface area contributed by atoms with Crippen LogP contribution in [-0.4, -0.2) is 166 Å². The van der Waals surface area contributed by atoms with Gasteiger partial charge in [0, 0.05) is 39.4 Å². The summed E-state index contributed by atoms with van der Waals surface area (Å²) in [4.78, 5) is 110. The van der Waals surface area contributed by atoms with E-state index in [1.54, 1.807) is 0 Å². The van der Waals surface area contributed by atoms with E-state index in [2.05, 4.69) is 64.3 Å². The summed E-state index contributed by atoms with van der Waals surface area (Å²) in [6.07, 6.45) is 21.5. The molecule has 0 aliphatic carbocycles. The first-order valence-electron chi connectivity index (χ1n) is 38.5. The standard InChI is InChI=1S/C73H136N2O22P2/c1-8-13-18-22-24-26-28-32-37-44-58(77)52-63(79)74-66-70(90-50-48-57(76)43-36-30-20-15-10-3)68(82)61(94-73(66)97-99(86,87)88)55-92-72-67(75-64(80)53-59(78)45-38-33-29-27-25-23-19-14-9-2)71(69(96-98(83,84)85)62(95-72)54-89-7)91-51-49-60(46-39-31-21-16-11-4)93-65(81)47-40-34-35-42-56(6)41-17-12-5/h35,42,56-57,60-62,66-73,76,82H,8-34,36-41,43-55H2,1-7H3,(H,74,79)(H,75,80)(H2,83,84,85)(H2,86,87,88)/b42-35-/t56?,57-,60+,61-,62-,66-,67-,68-,69-,70-,71-,72-,73-/m1/s1. The van der Waals surface area contributed by atoms with Crippen molar-refractivity contribution in [1.82, 2.24) is 10.6 Å². The molecule has 2 saturated heterocycles. The molecule has 99 heavy (non-hydrogen) atoms. The Bertz CT molecular complexity index is 2240. The highest BCUT2D eigenvalue weighted by Gasteiger charge is 2.53. The summed E-state index contributed by atoms with van der Waals surface area (Å²) in [7, 11) is -9.65. The number of rotatable bonds is 64. The van der Waals surface area contributed by atoms with Gasteiger partial charge in [-0.15, -0.1) is 0 Å². The van der Waals surface area contributed by atoms with Crippen LogP contribution in [0.2, 0.25) is 0 Å². The van der Waals surface area contributed by atoms with Crippen molar-refractivity contribution in [2.75, 3.05) is 33.5 Å². The number of ether oxygens (including phenoxy) is 7. The molecule has 1 unspecified atom stereocenters. The summed E-state index contributed by atoms with van der Waals surface area (Å²) in [5.74, 6) is -2.43. The molecule has 0 aromatic heterocycles. The maximum Gasteiger partial charge on any atom is 0.472 e. The molecular formula is C73H136N2O22P2. The summed E-state index contributed by atoms with van der Waals surface area (Å²) in [6, 6.07) is -3.26. The van der Waals surface area contributed by atoms with Gasteiger partial charge in [-0.25, -0.2) is 9.13 Å². The van der Waals surface area contributed by atoms with Crippen LogP contribution in [0.1, 0.15) is 311 Å². The summed E-state index contributed by atoms with van der Waals surface area (Å²) in [6.45, 7) is 11.2. The monoisotopic (exact) mass is 1450 g/mol. The predicted octanol–water partition coefficient (Wildman–Crippen LogP) is 13.9. The molecule has 0 bridgehead atoms. The Labute approximate surface area is 594 Å². The smallest absolute Gasteiger partial charge is 0.462 e. The highest BCUT2D eigenvalue weighted by atomic mass is 31.2. The van der Waals surface area contributed by atoms with Gasteiger partial charge in [0.2, 0.25) is 11.8 Å². The second kappa shape index (κ2) is 56.7. The molecule has 0 spiro atoms. The lowest BCUT2D eigenvalue weighted by Gasteiger charge is -2.47. The van der Waals surface area contributed by atoms with Gasteiger partial charge >= 0.3 is 21.6 Å². The molecule has 0 radical (unpaired) electrons. The van der Waals surface area contributed by atoms with E-state index < -0.39 is 133 Å². The van der Waals surface area contributed by atoms with Crippen molar-refractivity contribution in [2.45, 2.75) is 385 Å². The summed E-state index contributed by atoms with van der Waals surface area (Å²) >= 11 is 0. The van der Waals surface area contributed by atoms with Crippen molar-refractivity contribution >= 4 is 45.0 Å². The van der Waals surface area contributed by atoms with E-state index in [1.807, 2.05) is 0 Å². The third-order valence-electron chi connectivity index (χ3n) is 18.4. The average molecular weight is 1460 g/mol. The van der Waals surface area contributed by atoms with Crippen LogP contribution in [0.5, 0.6) is 0 Å². The summed E-state index contributed by atoms with van der Waals surface area (Å²) < 4.78 is 79.7. The van der Waals surface area contributed by atoms with Gasteiger partial charge in [0.15, 0.2) is 12.6 Å². The molecule has 580 valence electrons. The molecule has 2 fully saturated rings. The lowest BCUT2D eigenvalue weighted by atomic mass is 9.95. The SMILES string of the molecule is CCCCCCCCCCCC(=O)CC(=O)N[C@H]1[C@H](OC[C@H]2O[C@H](OP(=O)(O)O)[C@H](NC(=O)CC(=O)CCCCCCCCCCC)[C@@H](OCC[C@H](O)CCCCCCC)[C@@H]2O)O[C@H](COC)[C@@H](OP(=O)(O)O)[C@@H]1OCC[C@H](CCCCCCC)OC(=O)CCC/C=C\C(C)CCCC. The van der Waals surface area contributed by atoms with Gasteiger partial charge in [0.05, 0.1) is 38.8 Å². The molecule has 2 aliphatic rings. The van der Waals surface area contributed by atoms with Gasteiger partial charge in [-0.05, 0) is 63.7 Å². The lowest BCUT2D eigenvalue weighted by Crippen LogP contribution is -2.67. The number of ketones is 2. The average Bonchev–Trinajstić information content (AvgIpc) is 0.786. The number of phosphoric acid groups is 2. The Hall–Kier alpha value is -2.61. The second-order valence-electron chi connectivity index (χ2n) is 27.7. The van der Waals surface area contributed by atoms with Gasteiger partial charge in [-0.1, -0.05) is 227 Å². The lowest BCUT2D eigenvalue weighted by molar-refractivity contribution is -0.301. The van der Waals surface area contributed by atoms with Gasteiger partial charge < -0.3 is 73.6 Å². The van der Waals surface area contributed by atoms with Crippen molar-refractivity contribution in [3.05, 3.63) is 12.2 Å². The zero-order valence-corrected chi connectivity index (χ0v) is 63.6. The second-order valence-corrected chi connectivity index (χ2v) is 30.0. The van der Waals surface area contributed by atoms with Crippen molar-refractivity contribution in [3.8, 4) is 0 Å². The fourth-order valence-corrected chi connectivity index (χ4v) is 13.7. The summed E-state index contributed by atoms with van der Waals surface area (Å²) in [5, 5.41) is 28.7. The number of carbonyl (C=O) groups excluding carboxylic acids is 5. The first-order chi connectivity index (χ1) is 47.5. The zero-order chi connectivity index (χ0) is 73.1. The number of hydrogen-bond donors (Lipinski definition) is 8. The van der Waals surface area contributed by atoms with E-state index in [-0.39, 0.29) is 56.9 Å². The van der Waals surface area contributed by atoms with Gasteiger partial charge in [0.25, 0.3) is 0 Å². The van der Waals surface area contributed by atoms with Gasteiger partial charge in [-0.3, -0.25) is 33.0 Å². The van der Waals surface area contributed by atoms with Crippen LogP contribution in [0, 0.1) is 5.92 Å². The highest BCUT2D eigenvalue weighted by Crippen LogP contribution is 2.44. The van der Waals surface area contributed by atoms with E-state index >= 15 is 0 Å². The maximum absolute atomic E-state index is 14.3. The third-order valence-corrected chi connectivity index (χ3v) is 19.4. The fraction of sp³-hybridized carbons (Fsp3) is 0.904. The van der Waals surface area contributed by atoms with Gasteiger partial charge in [-0.2, -0.15) is 0 Å². The molecule has 2 rings (SSSR count). The van der Waals surface area contributed by atoms with Crippen molar-refractivity contribution in [1.29, 1.82) is 0 Å². The third kappa shape index (κ3) is 45.4. The molecular weight excluding hydrogens is 1320 g/mol. The molecule has 2 heterocycles. The Morgan fingerprint density at radius 1 is 0.485 bits per heavy atom. The minimum absolute atomic E-state index is 0.0543. The number of hydrogen-bond acceptors (Lipinski definition) is 18. The first kappa shape index (κ1) is 92.5. The number of aliphatic hydroxyl groups excluding tert-OH is 2. The van der Waals surface area contributed by atoms with Crippen LogP contribution in [-0.2, 0) is 75.3 Å². The van der Waals surface area contributed by atoms with Crippen LogP contribution < -0.4 is 10.6 Å². The van der Waals surface area contributed by atoms with Crippen LogP contribution in [0.3, 0.4) is 0 Å². The Morgan fingerprint density at radius 3 is 1.44 bits per heavy atom. The summed E-state index contributed by atoms with van der Waals surface area (Å²) in [5.41, 5.74) is 0. The predicted molar refractivity (Wildman–Crippen MR) is 381 cm³/mol. The minimum Gasteiger partial charge on any atom is -0.462 e. The molecule has 0 saturated carbocycles. The molecule has 26 heteroatoms. The molecule has 13 atom stereocenters. The quantitative estimate of drug-likeness (QED) is 0.00922. The number of unbranched alkanes of at least 4 members (excludes halogenated alkanes) is 26. The van der Waals surface area contributed by atoms with E-state index in [0.29, 0.717) is 44.4 Å². The van der Waals surface area contributed by atoms with Crippen LogP contribution in [0.15, 0.2) is 12.2 Å². The number of amides is 2. The molecule has 2 amide bonds. The minimum atomic E-state index is -5.51. The van der Waals surface area contributed by atoms with E-state index in [4.69, 9.17) is 42.2 Å². The van der Waals surface area contributed by atoms with E-state index in [0.717, 1.165) is 161 Å². The molecule has 0 aromatic rings. The number of allylic oxidation sites excluding steroid dienone is 2. The maximum atomic E-state index is 14.3. The largest absolute Gasteiger partial charge is 0.472 e. The van der Waals surface area contributed by atoms with E-state index in [9.17, 15) is 62.9 Å². The van der Waals surface area contributed by atoms with Gasteiger partial charge in [0.1, 0.15) is 66.4 Å². The van der Waals surface area contributed by atoms with Crippen molar-refractivity contribution in [2.24, 2.45) is 5.92 Å². The fourth-order valence-electron chi connectivity index (χ4n) is 12.7. The Kier molecular flexibility index (Phi) is 53.0. The Morgan fingerprint density at radius 2 is 0.939 bits per heavy atom. The first-order valence-corrected chi connectivity index (χ1v) is 41.5. The van der Waals surface area contributed by atoms with Crippen LogP contribution in [0.4, 0.5) is 0 Å². The Balaban J connectivity index is 2.64. The number of aliphatic hydroxyl groups is 2. The molecule has 24 nitrogen and oxygen atoms in total. The topological polar surface area (TPSA) is 348 Å². The molecule has 2 aliphatic heterocycles. The molecule has 0 aromatic carbocycles. The number of esters is 1. The zero-order valence-electron chi connectivity index (χ0n) is 61.8. The number of phosphoric ester groups is 2. The number of methoxy groups -OCH3 is 1. The van der Waals surface area contributed by atoms with Crippen molar-refractivity contribution in [3.63, 3.8) is 0 Å². The highest BCUT2D eigenvalue weighted by molar-refractivity contribution is 7.46.